The van der Waals surface area contributed by atoms with Gasteiger partial charge in [-0.1, -0.05) is 66.2 Å². The van der Waals surface area contributed by atoms with Crippen molar-refractivity contribution in [3.63, 3.8) is 0 Å². The Morgan fingerprint density at radius 3 is 2.38 bits per heavy atom. The van der Waals surface area contributed by atoms with Crippen molar-refractivity contribution >= 4 is 34.9 Å². The number of carbonyl (C=O) groups is 1. The van der Waals surface area contributed by atoms with E-state index >= 15 is 0 Å². The number of nitrogens with zero attached hydrogens (tertiary/aromatic N) is 1. The molecule has 1 atom stereocenters. The molecule has 29 heavy (non-hydrogen) atoms. The number of aryl methyl sites for hydroxylation is 1. The van der Waals surface area contributed by atoms with Crippen molar-refractivity contribution in [1.29, 1.82) is 0 Å². The van der Waals surface area contributed by atoms with Gasteiger partial charge in [-0.05, 0) is 24.6 Å². The van der Waals surface area contributed by atoms with Crippen LogP contribution >= 0.6 is 11.8 Å². The van der Waals surface area contributed by atoms with E-state index in [1.807, 2.05) is 36.4 Å². The van der Waals surface area contributed by atoms with E-state index < -0.39 is 0 Å². The van der Waals surface area contributed by atoms with Gasteiger partial charge in [0.15, 0.2) is 0 Å². The molecule has 5 rings (SSSR count). The van der Waals surface area contributed by atoms with Crippen molar-refractivity contribution in [2.45, 2.75) is 24.0 Å². The van der Waals surface area contributed by atoms with Gasteiger partial charge < -0.3 is 4.74 Å². The van der Waals surface area contributed by atoms with E-state index in [9.17, 15) is 4.79 Å². The number of hydrogen-bond acceptors (Lipinski definition) is 4. The molecule has 1 aliphatic heterocycles. The minimum atomic E-state index is -0.321. The highest BCUT2D eigenvalue weighted by Gasteiger charge is 2.38. The Labute approximate surface area is 174 Å². The summed E-state index contributed by atoms with van der Waals surface area (Å²) in [5, 5.41) is -0.0280. The van der Waals surface area contributed by atoms with Gasteiger partial charge in [-0.15, -0.1) is 11.8 Å². The molecule has 0 saturated carbocycles. The monoisotopic (exact) mass is 397 g/mol. The van der Waals surface area contributed by atoms with E-state index in [1.54, 1.807) is 11.8 Å². The molecule has 3 nitrogen and oxygen atoms in total. The van der Waals surface area contributed by atoms with Crippen LogP contribution < -0.4 is 0 Å². The van der Waals surface area contributed by atoms with Gasteiger partial charge in [0.2, 0.25) is 0 Å². The zero-order chi connectivity index (χ0) is 20.0. The molecule has 3 aromatic rings. The standard InChI is InChI=1S/C25H19NO2S/c1-15-11-13-17(14-12-15)25-22-23(26-20-9-5-6-10-21(20)29-25)18-7-3-4-8-19(18)24(22)28-16(2)27/h3-14,25H,1-2H3/t25-/m1/s1. The van der Waals surface area contributed by atoms with Crippen molar-refractivity contribution in [2.75, 3.05) is 0 Å². The number of ether oxygens (including phenoxy) is 1. The maximum absolute atomic E-state index is 12.0. The second-order valence-corrected chi connectivity index (χ2v) is 8.37. The number of para-hydroxylation sites is 1. The van der Waals surface area contributed by atoms with Gasteiger partial charge in [-0.2, -0.15) is 0 Å². The summed E-state index contributed by atoms with van der Waals surface area (Å²) in [4.78, 5) is 18.1. The van der Waals surface area contributed by atoms with Crippen LogP contribution in [0, 0.1) is 6.92 Å². The molecule has 0 N–H and O–H groups in total. The molecule has 2 aliphatic rings. The van der Waals surface area contributed by atoms with E-state index in [0.717, 1.165) is 38.6 Å². The highest BCUT2D eigenvalue weighted by Crippen LogP contribution is 2.53. The SMILES string of the molecule is CC(=O)OC1=C2C(=Nc3ccccc3S[C@@H]2c2ccc(C)cc2)c2ccccc21. The van der Waals surface area contributed by atoms with E-state index in [0.29, 0.717) is 5.76 Å². The lowest BCUT2D eigenvalue weighted by Gasteiger charge is -2.19. The van der Waals surface area contributed by atoms with Crippen molar-refractivity contribution in [1.82, 2.24) is 0 Å². The average molecular weight is 397 g/mol. The first-order valence-electron chi connectivity index (χ1n) is 9.55. The summed E-state index contributed by atoms with van der Waals surface area (Å²) in [5.41, 5.74) is 7.11. The van der Waals surface area contributed by atoms with E-state index in [2.05, 4.69) is 43.3 Å². The number of rotatable bonds is 2. The lowest BCUT2D eigenvalue weighted by atomic mass is 9.99. The summed E-state index contributed by atoms with van der Waals surface area (Å²) in [6.07, 6.45) is 0. The number of benzene rings is 3. The molecule has 1 aliphatic carbocycles. The zero-order valence-corrected chi connectivity index (χ0v) is 17.0. The molecule has 0 saturated heterocycles. The van der Waals surface area contributed by atoms with Crippen molar-refractivity contribution in [3.8, 4) is 0 Å². The maximum atomic E-state index is 12.0. The maximum Gasteiger partial charge on any atom is 0.308 e. The first-order valence-corrected chi connectivity index (χ1v) is 10.4. The summed E-state index contributed by atoms with van der Waals surface area (Å²) in [7, 11) is 0. The third kappa shape index (κ3) is 3.10. The van der Waals surface area contributed by atoms with Crippen LogP contribution in [-0.2, 0) is 9.53 Å². The van der Waals surface area contributed by atoms with Gasteiger partial charge in [-0.25, -0.2) is 4.99 Å². The average Bonchev–Trinajstić information content (AvgIpc) is 2.90. The Morgan fingerprint density at radius 2 is 1.62 bits per heavy atom. The van der Waals surface area contributed by atoms with E-state index in [-0.39, 0.29) is 11.2 Å². The largest absolute Gasteiger partial charge is 0.426 e. The number of fused-ring (bicyclic) bond motifs is 4. The molecule has 0 amide bonds. The fourth-order valence-electron chi connectivity index (χ4n) is 3.83. The molecular weight excluding hydrogens is 378 g/mol. The fraction of sp³-hybridized carbons (Fsp3) is 0.120. The Kier molecular flexibility index (Phi) is 4.36. The van der Waals surface area contributed by atoms with Gasteiger partial charge in [-0.3, -0.25) is 4.79 Å². The second kappa shape index (κ2) is 7.05. The van der Waals surface area contributed by atoms with Gasteiger partial charge in [0.05, 0.1) is 16.6 Å². The van der Waals surface area contributed by atoms with Crippen molar-refractivity contribution in [3.05, 3.63) is 101 Å². The van der Waals surface area contributed by atoms with Crippen molar-refractivity contribution in [2.24, 2.45) is 4.99 Å². The topological polar surface area (TPSA) is 38.7 Å². The quantitative estimate of drug-likeness (QED) is 0.480. The second-order valence-electron chi connectivity index (χ2n) is 7.22. The predicted octanol–water partition coefficient (Wildman–Crippen LogP) is 6.25. The first-order chi connectivity index (χ1) is 14.1. The predicted molar refractivity (Wildman–Crippen MR) is 118 cm³/mol. The molecule has 0 bridgehead atoms. The van der Waals surface area contributed by atoms with Crippen LogP contribution in [0.15, 0.2) is 88.3 Å². The molecule has 4 heteroatoms. The van der Waals surface area contributed by atoms with Gasteiger partial charge in [0.25, 0.3) is 0 Å². The molecule has 0 spiro atoms. The van der Waals surface area contributed by atoms with Crippen LogP contribution in [0.5, 0.6) is 0 Å². The van der Waals surface area contributed by atoms with Gasteiger partial charge in [0.1, 0.15) is 5.76 Å². The third-order valence-corrected chi connectivity index (χ3v) is 6.50. The summed E-state index contributed by atoms with van der Waals surface area (Å²) in [6.45, 7) is 3.53. The normalized spacial score (nSPS) is 17.0. The molecule has 0 aromatic heterocycles. The number of esters is 1. The van der Waals surface area contributed by atoms with Crippen LogP contribution in [0.3, 0.4) is 0 Å². The summed E-state index contributed by atoms with van der Waals surface area (Å²) >= 11 is 1.75. The van der Waals surface area contributed by atoms with E-state index in [1.165, 1.54) is 12.5 Å². The third-order valence-electron chi connectivity index (χ3n) is 5.16. The van der Waals surface area contributed by atoms with Crippen LogP contribution in [0.1, 0.15) is 34.4 Å². The fourth-order valence-corrected chi connectivity index (χ4v) is 5.11. The van der Waals surface area contributed by atoms with E-state index in [4.69, 9.17) is 9.73 Å². The highest BCUT2D eigenvalue weighted by molar-refractivity contribution is 8.00. The molecule has 3 aromatic carbocycles. The van der Waals surface area contributed by atoms with Crippen LogP contribution in [0.4, 0.5) is 5.69 Å². The molecular formula is C25H19NO2S. The molecule has 0 unspecified atom stereocenters. The number of aliphatic imine (C=N–C) groups is 1. The Balaban J connectivity index is 1.81. The Hall–Kier alpha value is -3.11. The van der Waals surface area contributed by atoms with Gasteiger partial charge >= 0.3 is 5.97 Å². The van der Waals surface area contributed by atoms with Crippen LogP contribution in [-0.4, -0.2) is 11.7 Å². The minimum Gasteiger partial charge on any atom is -0.426 e. The smallest absolute Gasteiger partial charge is 0.308 e. The molecule has 0 fully saturated rings. The number of carbonyl (C=O) groups excluding carboxylic acids is 1. The Bertz CT molecular complexity index is 1190. The summed E-state index contributed by atoms with van der Waals surface area (Å²) in [5.74, 6) is 0.302. The molecule has 1 heterocycles. The number of thioether (sulfide) groups is 1. The first kappa shape index (κ1) is 18.0. The summed E-state index contributed by atoms with van der Waals surface area (Å²) in [6, 6.07) is 24.8. The van der Waals surface area contributed by atoms with Crippen LogP contribution in [0.25, 0.3) is 5.76 Å². The zero-order valence-electron chi connectivity index (χ0n) is 16.2. The minimum absolute atomic E-state index is 0.0280. The van der Waals surface area contributed by atoms with Crippen molar-refractivity contribution < 1.29 is 9.53 Å². The highest BCUT2D eigenvalue weighted by atomic mass is 32.2. The summed E-state index contributed by atoms with van der Waals surface area (Å²) < 4.78 is 5.78. The lowest BCUT2D eigenvalue weighted by molar-refractivity contribution is -0.134. The van der Waals surface area contributed by atoms with Crippen LogP contribution in [0.2, 0.25) is 0 Å². The molecule has 142 valence electrons. The Morgan fingerprint density at radius 1 is 0.931 bits per heavy atom. The van der Waals surface area contributed by atoms with Gasteiger partial charge in [0, 0.05) is 28.5 Å². The molecule has 0 radical (unpaired) electrons. The lowest BCUT2D eigenvalue weighted by Crippen LogP contribution is -2.08. The number of hydrogen-bond donors (Lipinski definition) is 0.